The summed E-state index contributed by atoms with van der Waals surface area (Å²) in [5, 5.41) is 3.43. The van der Waals surface area contributed by atoms with Crippen LogP contribution in [0.3, 0.4) is 0 Å². The third-order valence-electron chi connectivity index (χ3n) is 2.65. The van der Waals surface area contributed by atoms with E-state index in [1.807, 2.05) is 31.2 Å². The Hall–Kier alpha value is -2.00. The normalized spacial score (nSPS) is 12.5. The molecule has 19 heavy (non-hydrogen) atoms. The Labute approximate surface area is 116 Å². The molecule has 0 fully saturated rings. The van der Waals surface area contributed by atoms with Crippen LogP contribution in [0.1, 0.15) is 24.3 Å². The van der Waals surface area contributed by atoms with Crippen LogP contribution >= 0.6 is 11.6 Å². The minimum absolute atomic E-state index is 0.168. The van der Waals surface area contributed by atoms with Gasteiger partial charge >= 0.3 is 0 Å². The zero-order valence-corrected chi connectivity index (χ0v) is 11.2. The second-order valence-electron chi connectivity index (χ2n) is 4.10. The van der Waals surface area contributed by atoms with E-state index in [0.717, 1.165) is 11.3 Å². The molecule has 1 aromatic carbocycles. The smallest absolute Gasteiger partial charge is 0.244 e. The van der Waals surface area contributed by atoms with Crippen molar-refractivity contribution in [3.8, 4) is 0 Å². The Bertz CT molecular complexity index is 576. The molecule has 0 spiro atoms. The van der Waals surface area contributed by atoms with E-state index in [1.165, 1.54) is 6.08 Å². The number of nitrogens with one attached hydrogen (secondary N) is 1. The van der Waals surface area contributed by atoms with E-state index in [-0.39, 0.29) is 11.9 Å². The highest BCUT2D eigenvalue weighted by atomic mass is 35.5. The summed E-state index contributed by atoms with van der Waals surface area (Å²) >= 11 is 6.00. The van der Waals surface area contributed by atoms with Crippen LogP contribution in [0.2, 0.25) is 5.02 Å². The van der Waals surface area contributed by atoms with E-state index in [2.05, 4.69) is 5.32 Å². The molecule has 2 aromatic rings. The van der Waals surface area contributed by atoms with Crippen molar-refractivity contribution in [2.75, 3.05) is 0 Å². The van der Waals surface area contributed by atoms with Gasteiger partial charge in [0.15, 0.2) is 0 Å². The molecule has 1 atom stereocenters. The first-order valence-electron chi connectivity index (χ1n) is 5.93. The number of halogens is 1. The molecule has 1 aromatic heterocycles. The number of hydrogen-bond donors (Lipinski definition) is 1. The van der Waals surface area contributed by atoms with E-state index in [9.17, 15) is 4.79 Å². The molecule has 1 amide bonds. The van der Waals surface area contributed by atoms with Gasteiger partial charge in [-0.25, -0.2) is 0 Å². The van der Waals surface area contributed by atoms with Gasteiger partial charge in [-0.2, -0.15) is 0 Å². The molecular weight excluding hydrogens is 262 g/mol. The lowest BCUT2D eigenvalue weighted by Crippen LogP contribution is -2.24. The number of carbonyl (C=O) groups excluding carboxylic acids is 1. The van der Waals surface area contributed by atoms with Gasteiger partial charge in [0.05, 0.1) is 12.3 Å². The third kappa shape index (κ3) is 3.73. The van der Waals surface area contributed by atoms with Crippen LogP contribution in [0, 0.1) is 0 Å². The largest absolute Gasteiger partial charge is 0.467 e. The van der Waals surface area contributed by atoms with Crippen molar-refractivity contribution >= 4 is 23.6 Å². The van der Waals surface area contributed by atoms with Crippen molar-refractivity contribution in [3.63, 3.8) is 0 Å². The Morgan fingerprint density at radius 3 is 2.79 bits per heavy atom. The van der Waals surface area contributed by atoms with Crippen molar-refractivity contribution in [1.29, 1.82) is 0 Å². The van der Waals surface area contributed by atoms with Gasteiger partial charge in [-0.15, -0.1) is 0 Å². The van der Waals surface area contributed by atoms with Gasteiger partial charge < -0.3 is 9.73 Å². The number of amides is 1. The molecule has 0 saturated heterocycles. The monoisotopic (exact) mass is 275 g/mol. The van der Waals surface area contributed by atoms with E-state index in [1.54, 1.807) is 24.5 Å². The molecule has 0 bridgehead atoms. The molecule has 3 nitrogen and oxygen atoms in total. The highest BCUT2D eigenvalue weighted by molar-refractivity contribution is 6.32. The van der Waals surface area contributed by atoms with E-state index < -0.39 is 0 Å². The van der Waals surface area contributed by atoms with Crippen LogP contribution in [-0.2, 0) is 4.79 Å². The number of benzene rings is 1. The van der Waals surface area contributed by atoms with E-state index in [0.29, 0.717) is 5.02 Å². The molecule has 98 valence electrons. The number of furan rings is 1. The van der Waals surface area contributed by atoms with Crippen molar-refractivity contribution in [2.24, 2.45) is 0 Å². The maximum Gasteiger partial charge on any atom is 0.244 e. The fourth-order valence-corrected chi connectivity index (χ4v) is 1.84. The van der Waals surface area contributed by atoms with E-state index in [4.69, 9.17) is 16.0 Å². The summed E-state index contributed by atoms with van der Waals surface area (Å²) in [4.78, 5) is 11.8. The zero-order valence-electron chi connectivity index (χ0n) is 10.5. The lowest BCUT2D eigenvalue weighted by Gasteiger charge is -2.08. The van der Waals surface area contributed by atoms with Crippen molar-refractivity contribution in [1.82, 2.24) is 5.32 Å². The van der Waals surface area contributed by atoms with Crippen LogP contribution in [0.4, 0.5) is 0 Å². The molecule has 0 saturated carbocycles. The first kappa shape index (κ1) is 13.4. The summed E-state index contributed by atoms with van der Waals surface area (Å²) in [6.07, 6.45) is 4.73. The van der Waals surface area contributed by atoms with E-state index >= 15 is 0 Å². The fourth-order valence-electron chi connectivity index (χ4n) is 1.65. The van der Waals surface area contributed by atoms with Crippen LogP contribution in [-0.4, -0.2) is 5.91 Å². The topological polar surface area (TPSA) is 42.2 Å². The van der Waals surface area contributed by atoms with Crippen LogP contribution < -0.4 is 5.32 Å². The Balaban J connectivity index is 1.96. The fraction of sp³-hybridized carbons (Fsp3) is 0.133. The van der Waals surface area contributed by atoms with Crippen molar-refractivity contribution in [2.45, 2.75) is 13.0 Å². The molecule has 1 heterocycles. The van der Waals surface area contributed by atoms with Crippen molar-refractivity contribution in [3.05, 3.63) is 65.1 Å². The third-order valence-corrected chi connectivity index (χ3v) is 2.99. The highest BCUT2D eigenvalue weighted by Gasteiger charge is 2.09. The highest BCUT2D eigenvalue weighted by Crippen LogP contribution is 2.16. The molecular formula is C15H14ClNO2. The summed E-state index contributed by atoms with van der Waals surface area (Å²) in [7, 11) is 0. The quantitative estimate of drug-likeness (QED) is 0.862. The predicted octanol–water partition coefficient (Wildman–Crippen LogP) is 3.82. The number of carbonyl (C=O) groups is 1. The first-order chi connectivity index (χ1) is 9.16. The molecule has 4 heteroatoms. The van der Waals surface area contributed by atoms with Gasteiger partial charge in [0.1, 0.15) is 5.76 Å². The van der Waals surface area contributed by atoms with Crippen molar-refractivity contribution < 1.29 is 9.21 Å². The maximum atomic E-state index is 11.8. The SMILES string of the molecule is C[C@H](NC(=O)/C=C/c1ccccc1Cl)c1ccco1. The molecule has 0 aliphatic heterocycles. The molecule has 0 radical (unpaired) electrons. The molecule has 2 rings (SSSR count). The first-order valence-corrected chi connectivity index (χ1v) is 6.31. The average Bonchev–Trinajstić information content (AvgIpc) is 2.91. The average molecular weight is 276 g/mol. The van der Waals surface area contributed by atoms with Crippen LogP contribution in [0.15, 0.2) is 53.2 Å². The number of hydrogen-bond acceptors (Lipinski definition) is 2. The molecule has 0 unspecified atom stereocenters. The second kappa shape index (κ2) is 6.25. The predicted molar refractivity (Wildman–Crippen MR) is 75.8 cm³/mol. The molecule has 0 aliphatic rings. The Morgan fingerprint density at radius 2 is 2.11 bits per heavy atom. The lowest BCUT2D eigenvalue weighted by atomic mass is 10.2. The summed E-state index contributed by atoms with van der Waals surface area (Å²) in [5.74, 6) is 0.531. The Kier molecular flexibility index (Phi) is 4.42. The maximum absolute atomic E-state index is 11.8. The van der Waals surface area contributed by atoms with Gasteiger partial charge in [0, 0.05) is 11.1 Å². The summed E-state index contributed by atoms with van der Waals surface area (Å²) in [6.45, 7) is 1.86. The molecule has 1 N–H and O–H groups in total. The summed E-state index contributed by atoms with van der Waals surface area (Å²) in [5.41, 5.74) is 0.810. The summed E-state index contributed by atoms with van der Waals surface area (Å²) in [6, 6.07) is 10.8. The zero-order chi connectivity index (χ0) is 13.7. The van der Waals surface area contributed by atoms with Crippen LogP contribution in [0.5, 0.6) is 0 Å². The van der Waals surface area contributed by atoms with Crippen LogP contribution in [0.25, 0.3) is 6.08 Å². The number of rotatable bonds is 4. The summed E-state index contributed by atoms with van der Waals surface area (Å²) < 4.78 is 5.22. The lowest BCUT2D eigenvalue weighted by molar-refractivity contribution is -0.117. The standard InChI is InChI=1S/C15H14ClNO2/c1-11(14-7-4-10-19-14)17-15(18)9-8-12-5-2-3-6-13(12)16/h2-11H,1H3,(H,17,18)/b9-8+/t11-/m0/s1. The minimum Gasteiger partial charge on any atom is -0.467 e. The van der Waals surface area contributed by atoms with Gasteiger partial charge in [-0.05, 0) is 36.8 Å². The van der Waals surface area contributed by atoms with Gasteiger partial charge in [-0.3, -0.25) is 4.79 Å². The second-order valence-corrected chi connectivity index (χ2v) is 4.51. The minimum atomic E-state index is -0.191. The Morgan fingerprint density at radius 1 is 1.32 bits per heavy atom. The van der Waals surface area contributed by atoms with Gasteiger partial charge in [0.25, 0.3) is 0 Å². The van der Waals surface area contributed by atoms with Gasteiger partial charge in [0.2, 0.25) is 5.91 Å². The molecule has 0 aliphatic carbocycles. The van der Waals surface area contributed by atoms with Gasteiger partial charge in [-0.1, -0.05) is 29.8 Å².